The summed E-state index contributed by atoms with van der Waals surface area (Å²) < 4.78 is 5.60. The van der Waals surface area contributed by atoms with E-state index in [1.165, 1.54) is 12.8 Å². The Morgan fingerprint density at radius 3 is 2.40 bits per heavy atom. The third-order valence-corrected chi connectivity index (χ3v) is 4.58. The fourth-order valence-corrected chi connectivity index (χ4v) is 3.93. The van der Waals surface area contributed by atoms with Crippen LogP contribution < -0.4 is 0 Å². The van der Waals surface area contributed by atoms with Gasteiger partial charge >= 0.3 is 5.97 Å². The summed E-state index contributed by atoms with van der Waals surface area (Å²) in [4.78, 5) is 11.6. The van der Waals surface area contributed by atoms with Crippen LogP contribution in [-0.4, -0.2) is 23.3 Å². The van der Waals surface area contributed by atoms with Gasteiger partial charge in [-0.3, -0.25) is 0 Å². The molecule has 3 nitrogen and oxygen atoms in total. The lowest BCUT2D eigenvalue weighted by Crippen LogP contribution is -2.35. The van der Waals surface area contributed by atoms with Crippen LogP contribution in [0.5, 0.6) is 0 Å². The molecule has 0 aromatic carbocycles. The lowest BCUT2D eigenvalue weighted by Gasteiger charge is -2.29. The molecule has 0 amide bonds. The second kappa shape index (κ2) is 2.85. The van der Waals surface area contributed by atoms with Gasteiger partial charge < -0.3 is 9.84 Å². The first-order chi connectivity index (χ1) is 7.14. The quantitative estimate of drug-likeness (QED) is 0.561. The molecule has 1 N–H and O–H groups in total. The largest absolute Gasteiger partial charge is 0.455 e. The molecule has 2 unspecified atom stereocenters. The Balaban J connectivity index is 1.74. The zero-order valence-corrected chi connectivity index (χ0v) is 8.74. The van der Waals surface area contributed by atoms with Crippen molar-refractivity contribution in [1.29, 1.82) is 0 Å². The lowest BCUT2D eigenvalue weighted by atomic mass is 9.94. The molecular weight excluding hydrogens is 192 g/mol. The number of carbonyl (C=O) groups excluding carboxylic acids is 1. The lowest BCUT2D eigenvalue weighted by molar-refractivity contribution is -0.156. The fraction of sp³-hybridized carbons (Fsp3) is 0.750. The molecule has 4 bridgehead atoms. The van der Waals surface area contributed by atoms with Crippen LogP contribution in [0, 0.1) is 17.8 Å². The predicted molar refractivity (Wildman–Crippen MR) is 54.0 cm³/mol. The average molecular weight is 208 g/mol. The van der Waals surface area contributed by atoms with E-state index in [1.54, 1.807) is 0 Å². The molecule has 0 radical (unpaired) electrons. The monoisotopic (exact) mass is 208 g/mol. The molecule has 4 fully saturated rings. The average Bonchev–Trinajstić information content (AvgIpc) is 2.87. The van der Waals surface area contributed by atoms with Crippen molar-refractivity contribution >= 4 is 5.97 Å². The van der Waals surface area contributed by atoms with Crippen LogP contribution in [0.3, 0.4) is 0 Å². The summed E-state index contributed by atoms with van der Waals surface area (Å²) in [5.74, 6) is 1.78. The van der Waals surface area contributed by atoms with Gasteiger partial charge in [0.25, 0.3) is 0 Å². The highest BCUT2D eigenvalue weighted by Gasteiger charge is 2.65. The minimum atomic E-state index is -0.398. The molecule has 0 spiro atoms. The van der Waals surface area contributed by atoms with Crippen LogP contribution in [0.2, 0.25) is 0 Å². The van der Waals surface area contributed by atoms with E-state index in [9.17, 15) is 4.79 Å². The molecule has 3 heteroatoms. The number of rotatable bonds is 3. The van der Waals surface area contributed by atoms with Crippen molar-refractivity contribution < 1.29 is 14.6 Å². The zero-order chi connectivity index (χ0) is 10.6. The molecule has 4 aliphatic carbocycles. The highest BCUT2D eigenvalue weighted by Crippen LogP contribution is 2.66. The molecule has 82 valence electrons. The molecular formula is C12H16O3. The predicted octanol–water partition coefficient (Wildman–Crippen LogP) is 1.27. The summed E-state index contributed by atoms with van der Waals surface area (Å²) in [7, 11) is 0. The second-order valence-corrected chi connectivity index (χ2v) is 5.31. The minimum Gasteiger partial charge on any atom is -0.455 e. The van der Waals surface area contributed by atoms with Gasteiger partial charge in [0.2, 0.25) is 0 Å². The minimum absolute atomic E-state index is 0.176. The van der Waals surface area contributed by atoms with Crippen molar-refractivity contribution in [2.45, 2.75) is 31.3 Å². The Labute approximate surface area is 89.1 Å². The van der Waals surface area contributed by atoms with Gasteiger partial charge in [0.1, 0.15) is 5.60 Å². The van der Waals surface area contributed by atoms with Gasteiger partial charge in [-0.05, 0) is 43.4 Å². The van der Waals surface area contributed by atoms with Gasteiger partial charge in [0, 0.05) is 0 Å². The van der Waals surface area contributed by atoms with E-state index in [1.807, 2.05) is 0 Å². The third-order valence-electron chi connectivity index (χ3n) is 4.58. The van der Waals surface area contributed by atoms with Gasteiger partial charge in [-0.15, -0.1) is 0 Å². The Morgan fingerprint density at radius 2 is 2.00 bits per heavy atom. The number of aliphatic hydroxyl groups excluding tert-OH is 1. The van der Waals surface area contributed by atoms with Crippen molar-refractivity contribution in [2.75, 3.05) is 6.61 Å². The van der Waals surface area contributed by atoms with Gasteiger partial charge in [-0.25, -0.2) is 4.79 Å². The van der Waals surface area contributed by atoms with E-state index in [0.29, 0.717) is 5.92 Å². The van der Waals surface area contributed by atoms with Gasteiger partial charge in [-0.1, -0.05) is 6.58 Å². The van der Waals surface area contributed by atoms with Crippen LogP contribution in [0.4, 0.5) is 0 Å². The van der Waals surface area contributed by atoms with Crippen LogP contribution in [0.1, 0.15) is 25.7 Å². The first-order valence-corrected chi connectivity index (χ1v) is 5.66. The number of aliphatic hydroxyl groups is 1. The summed E-state index contributed by atoms with van der Waals surface area (Å²) in [6.07, 6.45) is 4.58. The summed E-state index contributed by atoms with van der Waals surface area (Å²) in [5.41, 5.74) is 0.00164. The highest BCUT2D eigenvalue weighted by molar-refractivity contribution is 5.88. The van der Waals surface area contributed by atoms with Gasteiger partial charge in [0.05, 0.1) is 12.2 Å². The fourth-order valence-electron chi connectivity index (χ4n) is 3.93. The Kier molecular flexibility index (Phi) is 1.78. The maximum atomic E-state index is 11.6. The van der Waals surface area contributed by atoms with E-state index in [4.69, 9.17) is 9.84 Å². The number of hydrogen-bond donors (Lipinski definition) is 1. The van der Waals surface area contributed by atoms with Crippen molar-refractivity contribution in [2.24, 2.45) is 17.8 Å². The first kappa shape index (κ1) is 9.40. The molecule has 0 heterocycles. The number of carbonyl (C=O) groups is 1. The van der Waals surface area contributed by atoms with Crippen LogP contribution in [-0.2, 0) is 9.53 Å². The molecule has 15 heavy (non-hydrogen) atoms. The Hall–Kier alpha value is -0.830. The summed E-state index contributed by atoms with van der Waals surface area (Å²) in [6.45, 7) is 3.21. The maximum absolute atomic E-state index is 11.6. The number of esters is 1. The van der Waals surface area contributed by atoms with E-state index >= 15 is 0 Å². The van der Waals surface area contributed by atoms with E-state index in [-0.39, 0.29) is 17.8 Å². The van der Waals surface area contributed by atoms with Gasteiger partial charge in [0.15, 0.2) is 0 Å². The van der Waals surface area contributed by atoms with Crippen LogP contribution in [0.25, 0.3) is 0 Å². The maximum Gasteiger partial charge on any atom is 0.336 e. The van der Waals surface area contributed by atoms with Crippen LogP contribution in [0.15, 0.2) is 12.2 Å². The Morgan fingerprint density at radius 1 is 1.40 bits per heavy atom. The van der Waals surface area contributed by atoms with E-state index in [0.717, 1.165) is 24.7 Å². The molecule has 0 aromatic rings. The summed E-state index contributed by atoms with van der Waals surface area (Å²) >= 11 is 0. The van der Waals surface area contributed by atoms with Crippen molar-refractivity contribution in [1.82, 2.24) is 0 Å². The second-order valence-electron chi connectivity index (χ2n) is 5.31. The molecule has 0 aromatic heterocycles. The van der Waals surface area contributed by atoms with E-state index < -0.39 is 5.97 Å². The Bertz CT molecular complexity index is 320. The SMILES string of the molecule is C=C(CO)C(=O)OC12CC3CC1CC3C2. The summed E-state index contributed by atoms with van der Waals surface area (Å²) in [6, 6.07) is 0. The third kappa shape index (κ3) is 1.13. The zero-order valence-electron chi connectivity index (χ0n) is 8.74. The van der Waals surface area contributed by atoms with Gasteiger partial charge in [-0.2, -0.15) is 0 Å². The molecule has 2 atom stereocenters. The smallest absolute Gasteiger partial charge is 0.336 e. The van der Waals surface area contributed by atoms with Crippen molar-refractivity contribution in [3.05, 3.63) is 12.2 Å². The molecule has 4 rings (SSSR count). The van der Waals surface area contributed by atoms with E-state index in [2.05, 4.69) is 6.58 Å². The molecule has 4 saturated carbocycles. The normalized spacial score (nSPS) is 45.0. The molecule has 0 aliphatic heterocycles. The number of ether oxygens (including phenoxy) is 1. The molecule has 0 saturated heterocycles. The van der Waals surface area contributed by atoms with Crippen LogP contribution >= 0.6 is 0 Å². The number of hydrogen-bond acceptors (Lipinski definition) is 3. The summed E-state index contributed by atoms with van der Waals surface area (Å²) in [5, 5.41) is 8.82. The first-order valence-electron chi connectivity index (χ1n) is 5.66. The molecule has 4 aliphatic rings. The standard InChI is InChI=1S/C12H16O3/c1-7(6-13)11(14)15-12-4-8-2-10(12)3-9(8)5-12/h8-10,13H,1-6H2. The van der Waals surface area contributed by atoms with Crippen molar-refractivity contribution in [3.63, 3.8) is 0 Å². The highest BCUT2D eigenvalue weighted by atomic mass is 16.6. The topological polar surface area (TPSA) is 46.5 Å². The van der Waals surface area contributed by atoms with Crippen molar-refractivity contribution in [3.8, 4) is 0 Å².